The number of para-hydroxylation sites is 1. The number of esters is 1. The van der Waals surface area contributed by atoms with Crippen LogP contribution in [-0.2, 0) is 14.3 Å². The third-order valence-electron chi connectivity index (χ3n) is 5.06. The first-order chi connectivity index (χ1) is 14.6. The Hall–Kier alpha value is -3.28. The van der Waals surface area contributed by atoms with Gasteiger partial charge in [0.25, 0.3) is 5.91 Å². The molecule has 2 aromatic carbocycles. The predicted octanol–water partition coefficient (Wildman–Crippen LogP) is 4.27. The fourth-order valence-corrected chi connectivity index (χ4v) is 3.38. The minimum atomic E-state index is -0.915. The molecule has 1 amide bonds. The van der Waals surface area contributed by atoms with Crippen LogP contribution < -0.4 is 15.0 Å². The van der Waals surface area contributed by atoms with Crippen LogP contribution in [0.4, 0.5) is 11.4 Å². The first-order valence-electron chi connectivity index (χ1n) is 10.2. The van der Waals surface area contributed by atoms with Crippen molar-refractivity contribution in [1.82, 2.24) is 0 Å². The topological polar surface area (TPSA) is 67.9 Å². The Balaban J connectivity index is 1.51. The lowest BCUT2D eigenvalue weighted by Gasteiger charge is -2.28. The highest BCUT2D eigenvalue weighted by atomic mass is 16.5. The molecule has 3 rings (SSSR count). The Morgan fingerprint density at radius 2 is 1.73 bits per heavy atom. The van der Waals surface area contributed by atoms with Gasteiger partial charge in [-0.05, 0) is 62.6 Å². The molecule has 0 unspecified atom stereocenters. The number of nitrogens with zero attached hydrogens (tertiary/aromatic N) is 1. The molecule has 0 spiro atoms. The van der Waals surface area contributed by atoms with Crippen molar-refractivity contribution in [3.05, 3.63) is 60.2 Å². The molecule has 30 heavy (non-hydrogen) atoms. The quantitative estimate of drug-likeness (QED) is 0.547. The number of amides is 1. The summed E-state index contributed by atoms with van der Waals surface area (Å²) in [5.74, 6) is -0.316. The lowest BCUT2D eigenvalue weighted by Crippen LogP contribution is -2.30. The molecule has 0 bridgehead atoms. The summed E-state index contributed by atoms with van der Waals surface area (Å²) < 4.78 is 10.5. The van der Waals surface area contributed by atoms with Gasteiger partial charge in [-0.1, -0.05) is 18.2 Å². The maximum absolute atomic E-state index is 12.4. The number of hydrogen-bond acceptors (Lipinski definition) is 5. The van der Waals surface area contributed by atoms with E-state index in [1.54, 1.807) is 26.2 Å². The standard InChI is InChI=1S/C24H28N2O4/c1-18(30-23(27)15-10-19-8-4-5-9-22(19)29-2)24(28)25-20-11-13-21(14-12-20)26-16-6-3-7-17-26/h4-5,8-15,18H,3,6-7,16-17H2,1-2H3,(H,25,28)/b15-10+/t18-/m0/s1. The molecule has 1 heterocycles. The fraction of sp³-hybridized carbons (Fsp3) is 0.333. The smallest absolute Gasteiger partial charge is 0.331 e. The number of carbonyl (C=O) groups excluding carboxylic acids is 2. The molecule has 0 saturated carbocycles. The van der Waals surface area contributed by atoms with E-state index in [0.717, 1.165) is 24.3 Å². The first-order valence-corrected chi connectivity index (χ1v) is 10.2. The number of hydrogen-bond donors (Lipinski definition) is 1. The second kappa shape index (κ2) is 10.5. The summed E-state index contributed by atoms with van der Waals surface area (Å²) in [4.78, 5) is 26.8. The van der Waals surface area contributed by atoms with Crippen molar-refractivity contribution in [2.45, 2.75) is 32.3 Å². The van der Waals surface area contributed by atoms with Crippen molar-refractivity contribution >= 4 is 29.3 Å². The minimum absolute atomic E-state index is 0.375. The van der Waals surface area contributed by atoms with Crippen molar-refractivity contribution in [2.75, 3.05) is 30.4 Å². The van der Waals surface area contributed by atoms with E-state index in [9.17, 15) is 9.59 Å². The summed E-state index contributed by atoms with van der Waals surface area (Å²) in [5, 5.41) is 2.79. The highest BCUT2D eigenvalue weighted by Gasteiger charge is 2.17. The van der Waals surface area contributed by atoms with Crippen molar-refractivity contribution in [3.63, 3.8) is 0 Å². The largest absolute Gasteiger partial charge is 0.496 e. The molecule has 1 aliphatic heterocycles. The Bertz CT molecular complexity index is 886. The van der Waals surface area contributed by atoms with Crippen molar-refractivity contribution in [2.24, 2.45) is 0 Å². The highest BCUT2D eigenvalue weighted by molar-refractivity contribution is 5.96. The van der Waals surface area contributed by atoms with E-state index in [1.165, 1.54) is 25.3 Å². The average Bonchev–Trinajstić information content (AvgIpc) is 2.79. The van der Waals surface area contributed by atoms with Crippen LogP contribution in [0.2, 0.25) is 0 Å². The van der Waals surface area contributed by atoms with Crippen molar-refractivity contribution in [3.8, 4) is 5.75 Å². The molecule has 0 aromatic heterocycles. The van der Waals surface area contributed by atoms with E-state index in [1.807, 2.05) is 42.5 Å². The van der Waals surface area contributed by atoms with E-state index in [0.29, 0.717) is 11.4 Å². The molecular weight excluding hydrogens is 380 g/mol. The predicted molar refractivity (Wildman–Crippen MR) is 119 cm³/mol. The fourth-order valence-electron chi connectivity index (χ4n) is 3.38. The zero-order valence-corrected chi connectivity index (χ0v) is 17.5. The highest BCUT2D eigenvalue weighted by Crippen LogP contribution is 2.22. The number of piperidine rings is 1. The number of carbonyl (C=O) groups is 2. The lowest BCUT2D eigenvalue weighted by molar-refractivity contribution is -0.148. The molecule has 1 atom stereocenters. The molecule has 6 heteroatoms. The van der Waals surface area contributed by atoms with Crippen LogP contribution in [0.25, 0.3) is 6.08 Å². The summed E-state index contributed by atoms with van der Waals surface area (Å²) in [6, 6.07) is 15.1. The maximum atomic E-state index is 12.4. The number of ether oxygens (including phenoxy) is 2. The molecule has 1 saturated heterocycles. The van der Waals surface area contributed by atoms with Gasteiger partial charge in [-0.15, -0.1) is 0 Å². The van der Waals surface area contributed by atoms with Gasteiger partial charge in [0.2, 0.25) is 0 Å². The molecule has 0 aliphatic carbocycles. The van der Waals surface area contributed by atoms with Crippen LogP contribution >= 0.6 is 0 Å². The molecule has 158 valence electrons. The van der Waals surface area contributed by atoms with E-state index in [-0.39, 0.29) is 5.91 Å². The maximum Gasteiger partial charge on any atom is 0.331 e. The molecule has 0 radical (unpaired) electrons. The van der Waals surface area contributed by atoms with Gasteiger partial charge in [-0.25, -0.2) is 4.79 Å². The van der Waals surface area contributed by atoms with Gasteiger partial charge in [0.1, 0.15) is 5.75 Å². The molecule has 2 aromatic rings. The number of benzene rings is 2. The van der Waals surface area contributed by atoms with E-state index in [4.69, 9.17) is 9.47 Å². The summed E-state index contributed by atoms with van der Waals surface area (Å²) in [6.45, 7) is 3.69. The van der Waals surface area contributed by atoms with Gasteiger partial charge in [-0.2, -0.15) is 0 Å². The molecule has 6 nitrogen and oxygen atoms in total. The van der Waals surface area contributed by atoms with Crippen LogP contribution in [0.1, 0.15) is 31.7 Å². The summed E-state index contributed by atoms with van der Waals surface area (Å²) in [5.41, 5.74) is 2.59. The Labute approximate surface area is 177 Å². The van der Waals surface area contributed by atoms with E-state index in [2.05, 4.69) is 10.2 Å². The zero-order valence-electron chi connectivity index (χ0n) is 17.5. The zero-order chi connectivity index (χ0) is 21.3. The summed E-state index contributed by atoms with van der Waals surface area (Å²) in [6.07, 6.45) is 5.69. The van der Waals surface area contributed by atoms with Gasteiger partial charge in [-0.3, -0.25) is 4.79 Å². The molecule has 1 fully saturated rings. The second-order valence-corrected chi connectivity index (χ2v) is 7.24. The molecule has 1 aliphatic rings. The van der Waals surface area contributed by atoms with Gasteiger partial charge >= 0.3 is 5.97 Å². The van der Waals surface area contributed by atoms with Crippen LogP contribution in [0, 0.1) is 0 Å². The number of rotatable bonds is 7. The third kappa shape index (κ3) is 5.86. The van der Waals surface area contributed by atoms with Crippen molar-refractivity contribution in [1.29, 1.82) is 0 Å². The third-order valence-corrected chi connectivity index (χ3v) is 5.06. The SMILES string of the molecule is COc1ccccc1/C=C/C(=O)O[C@@H](C)C(=O)Nc1ccc(N2CCCCC2)cc1. The summed E-state index contributed by atoms with van der Waals surface area (Å²) >= 11 is 0. The van der Waals surface area contributed by atoms with Gasteiger partial charge in [0, 0.05) is 36.1 Å². The number of nitrogens with one attached hydrogen (secondary N) is 1. The van der Waals surface area contributed by atoms with Gasteiger partial charge in [0.15, 0.2) is 6.10 Å². The van der Waals surface area contributed by atoms with Gasteiger partial charge < -0.3 is 19.7 Å². The van der Waals surface area contributed by atoms with Crippen LogP contribution in [0.5, 0.6) is 5.75 Å². The van der Waals surface area contributed by atoms with Crippen LogP contribution in [-0.4, -0.2) is 38.2 Å². The number of methoxy groups -OCH3 is 1. The van der Waals surface area contributed by atoms with Crippen LogP contribution in [0.3, 0.4) is 0 Å². The molecule has 1 N–H and O–H groups in total. The van der Waals surface area contributed by atoms with Crippen molar-refractivity contribution < 1.29 is 19.1 Å². The normalized spacial score (nSPS) is 14.9. The van der Waals surface area contributed by atoms with E-state index < -0.39 is 12.1 Å². The van der Waals surface area contributed by atoms with Crippen LogP contribution in [0.15, 0.2) is 54.6 Å². The summed E-state index contributed by atoms with van der Waals surface area (Å²) in [7, 11) is 1.57. The Morgan fingerprint density at radius 1 is 1.03 bits per heavy atom. The lowest BCUT2D eigenvalue weighted by atomic mass is 10.1. The monoisotopic (exact) mass is 408 g/mol. The Kier molecular flexibility index (Phi) is 7.49. The molecular formula is C24H28N2O4. The van der Waals surface area contributed by atoms with Gasteiger partial charge in [0.05, 0.1) is 7.11 Å². The second-order valence-electron chi connectivity index (χ2n) is 7.24. The first kappa shape index (κ1) is 21.4. The average molecular weight is 408 g/mol. The van der Waals surface area contributed by atoms with E-state index >= 15 is 0 Å². The minimum Gasteiger partial charge on any atom is -0.496 e. The number of anilines is 2. The Morgan fingerprint density at radius 3 is 2.43 bits per heavy atom.